The highest BCUT2D eigenvalue weighted by Crippen LogP contribution is 2.32. The predicted octanol–water partition coefficient (Wildman–Crippen LogP) is 1.89. The van der Waals surface area contributed by atoms with Gasteiger partial charge in [-0.05, 0) is 12.1 Å². The second-order valence-corrected chi connectivity index (χ2v) is 4.21. The summed E-state index contributed by atoms with van der Waals surface area (Å²) in [6.45, 7) is 2.69. The first-order chi connectivity index (χ1) is 8.72. The van der Waals surface area contributed by atoms with E-state index in [0.29, 0.717) is 26.3 Å². The molecule has 2 N–H and O–H groups in total. The molecule has 1 aromatic rings. The van der Waals surface area contributed by atoms with Crippen LogP contribution in [0, 0.1) is 5.82 Å². The third-order valence-corrected chi connectivity index (χ3v) is 2.98. The van der Waals surface area contributed by atoms with Crippen molar-refractivity contribution in [1.29, 1.82) is 0 Å². The van der Waals surface area contributed by atoms with Crippen molar-refractivity contribution in [3.05, 3.63) is 24.0 Å². The van der Waals surface area contributed by atoms with Gasteiger partial charge in [0.05, 0.1) is 24.8 Å². The summed E-state index contributed by atoms with van der Waals surface area (Å²) in [5, 5.41) is 0. The summed E-state index contributed by atoms with van der Waals surface area (Å²) in [4.78, 5) is 6.09. The number of benzene rings is 1. The quantitative estimate of drug-likeness (QED) is 0.519. The zero-order chi connectivity index (χ0) is 13.0. The Balaban J connectivity index is 2.36. The predicted molar refractivity (Wildman–Crippen MR) is 71.4 cm³/mol. The lowest BCUT2D eigenvalue weighted by atomic mass is 10.2. The van der Waals surface area contributed by atoms with E-state index < -0.39 is 5.82 Å². The number of rotatable bonds is 3. The van der Waals surface area contributed by atoms with Gasteiger partial charge in [-0.1, -0.05) is 6.07 Å². The van der Waals surface area contributed by atoms with Gasteiger partial charge in [-0.2, -0.15) is 0 Å². The summed E-state index contributed by atoms with van der Waals surface area (Å²) >= 11 is 5.58. The van der Waals surface area contributed by atoms with E-state index in [1.54, 1.807) is 6.07 Å². The molecule has 0 saturated carbocycles. The highest BCUT2D eigenvalue weighted by atomic mass is 35.5. The lowest BCUT2D eigenvalue weighted by Crippen LogP contribution is -2.36. The van der Waals surface area contributed by atoms with E-state index in [1.807, 2.05) is 11.0 Å². The van der Waals surface area contributed by atoms with Crippen LogP contribution in [0.25, 0.3) is 0 Å². The van der Waals surface area contributed by atoms with Crippen molar-refractivity contribution in [1.82, 2.24) is 0 Å². The molecule has 0 unspecified atom stereocenters. The van der Waals surface area contributed by atoms with Crippen LogP contribution in [0.3, 0.4) is 0 Å². The molecule has 1 saturated heterocycles. The van der Waals surface area contributed by atoms with Crippen molar-refractivity contribution >= 4 is 28.8 Å². The first-order valence-corrected chi connectivity index (χ1v) is 6.26. The van der Waals surface area contributed by atoms with E-state index in [0.717, 1.165) is 5.69 Å². The molecule has 0 aliphatic carbocycles. The van der Waals surface area contributed by atoms with Crippen LogP contribution in [-0.4, -0.2) is 38.0 Å². The van der Waals surface area contributed by atoms with Gasteiger partial charge in [-0.15, -0.1) is 11.6 Å². The SMILES string of the molecule is NC(CCl)=Nc1c(F)cccc1N1CCOCC1. The minimum Gasteiger partial charge on any atom is -0.386 e. The van der Waals surface area contributed by atoms with Crippen molar-refractivity contribution in [3.63, 3.8) is 0 Å². The van der Waals surface area contributed by atoms with Crippen LogP contribution in [0.5, 0.6) is 0 Å². The van der Waals surface area contributed by atoms with Crippen LogP contribution in [0.4, 0.5) is 15.8 Å². The van der Waals surface area contributed by atoms with Gasteiger partial charge in [0.2, 0.25) is 0 Å². The zero-order valence-electron chi connectivity index (χ0n) is 9.90. The molecule has 0 radical (unpaired) electrons. The average molecular weight is 272 g/mol. The summed E-state index contributed by atoms with van der Waals surface area (Å²) in [6, 6.07) is 4.86. The van der Waals surface area contributed by atoms with E-state index in [1.165, 1.54) is 6.07 Å². The number of alkyl halides is 1. The number of hydrogen-bond donors (Lipinski definition) is 1. The number of hydrogen-bond acceptors (Lipinski definition) is 3. The summed E-state index contributed by atoms with van der Waals surface area (Å²) in [7, 11) is 0. The van der Waals surface area contributed by atoms with Gasteiger partial charge < -0.3 is 15.4 Å². The maximum atomic E-state index is 13.8. The topological polar surface area (TPSA) is 50.8 Å². The molecule has 1 fully saturated rings. The van der Waals surface area contributed by atoms with E-state index in [9.17, 15) is 4.39 Å². The fraction of sp³-hybridized carbons (Fsp3) is 0.417. The smallest absolute Gasteiger partial charge is 0.151 e. The number of ether oxygens (including phenoxy) is 1. The van der Waals surface area contributed by atoms with Crippen LogP contribution >= 0.6 is 11.6 Å². The Labute approximate surface area is 110 Å². The molecule has 0 atom stereocenters. The van der Waals surface area contributed by atoms with Crippen molar-refractivity contribution in [2.75, 3.05) is 37.1 Å². The molecule has 98 valence electrons. The Bertz CT molecular complexity index is 447. The fourth-order valence-electron chi connectivity index (χ4n) is 1.85. The van der Waals surface area contributed by atoms with Crippen LogP contribution in [-0.2, 0) is 4.74 Å². The molecule has 18 heavy (non-hydrogen) atoms. The lowest BCUT2D eigenvalue weighted by Gasteiger charge is -2.29. The Hall–Kier alpha value is -1.33. The zero-order valence-corrected chi connectivity index (χ0v) is 10.7. The number of amidine groups is 1. The average Bonchev–Trinajstić information content (AvgIpc) is 2.42. The van der Waals surface area contributed by atoms with E-state index in [-0.39, 0.29) is 17.4 Å². The minimum absolute atomic E-state index is 0.0802. The lowest BCUT2D eigenvalue weighted by molar-refractivity contribution is 0.122. The number of nitrogens with two attached hydrogens (primary N) is 1. The molecule has 6 heteroatoms. The standard InChI is InChI=1S/C12H15ClFN3O/c13-8-11(15)16-12-9(14)2-1-3-10(12)17-4-6-18-7-5-17/h1-3H,4-8H2,(H2,15,16). The van der Waals surface area contributed by atoms with Crippen LogP contribution in [0.1, 0.15) is 0 Å². The Morgan fingerprint density at radius 3 is 2.83 bits per heavy atom. The molecule has 1 aliphatic rings. The number of halogens is 2. The molecule has 1 heterocycles. The molecule has 1 aliphatic heterocycles. The molecule has 0 bridgehead atoms. The van der Waals surface area contributed by atoms with Crippen LogP contribution in [0.2, 0.25) is 0 Å². The summed E-state index contributed by atoms with van der Waals surface area (Å²) in [5.41, 5.74) is 6.56. The van der Waals surface area contributed by atoms with Crippen LogP contribution in [0.15, 0.2) is 23.2 Å². The van der Waals surface area contributed by atoms with Crippen molar-refractivity contribution in [2.24, 2.45) is 10.7 Å². The Kier molecular flexibility index (Phi) is 4.38. The van der Waals surface area contributed by atoms with Crippen molar-refractivity contribution < 1.29 is 9.13 Å². The normalized spacial score (nSPS) is 17.0. The largest absolute Gasteiger partial charge is 0.386 e. The molecule has 2 rings (SSSR count). The molecule has 1 aromatic carbocycles. The highest BCUT2D eigenvalue weighted by Gasteiger charge is 2.17. The van der Waals surface area contributed by atoms with Gasteiger partial charge in [-0.3, -0.25) is 0 Å². The maximum Gasteiger partial charge on any atom is 0.151 e. The second kappa shape index (κ2) is 6.02. The molecular weight excluding hydrogens is 257 g/mol. The Morgan fingerprint density at radius 2 is 2.17 bits per heavy atom. The third kappa shape index (κ3) is 2.91. The molecular formula is C12H15ClFN3O. The molecule has 4 nitrogen and oxygen atoms in total. The maximum absolute atomic E-state index is 13.8. The molecule has 0 amide bonds. The Morgan fingerprint density at radius 1 is 1.44 bits per heavy atom. The number of morpholine rings is 1. The van der Waals surface area contributed by atoms with Crippen LogP contribution < -0.4 is 10.6 Å². The second-order valence-electron chi connectivity index (χ2n) is 3.94. The number of para-hydroxylation sites is 1. The first-order valence-electron chi connectivity index (χ1n) is 5.72. The van der Waals surface area contributed by atoms with Gasteiger partial charge in [0.25, 0.3) is 0 Å². The highest BCUT2D eigenvalue weighted by molar-refractivity contribution is 6.28. The third-order valence-electron chi connectivity index (χ3n) is 2.71. The summed E-state index contributed by atoms with van der Waals surface area (Å²) < 4.78 is 19.1. The summed E-state index contributed by atoms with van der Waals surface area (Å²) in [5.74, 6) is -0.111. The van der Waals surface area contributed by atoms with Crippen molar-refractivity contribution in [2.45, 2.75) is 0 Å². The van der Waals surface area contributed by atoms with Gasteiger partial charge in [0.1, 0.15) is 11.5 Å². The molecule has 0 aromatic heterocycles. The van der Waals surface area contributed by atoms with Gasteiger partial charge in [0, 0.05) is 13.1 Å². The number of anilines is 1. The number of nitrogens with zero attached hydrogens (tertiary/aromatic N) is 2. The summed E-state index contributed by atoms with van der Waals surface area (Å²) in [6.07, 6.45) is 0. The van der Waals surface area contributed by atoms with E-state index in [2.05, 4.69) is 4.99 Å². The molecule has 0 spiro atoms. The minimum atomic E-state index is -0.396. The van der Waals surface area contributed by atoms with Crippen molar-refractivity contribution in [3.8, 4) is 0 Å². The van der Waals surface area contributed by atoms with E-state index in [4.69, 9.17) is 22.1 Å². The van der Waals surface area contributed by atoms with E-state index >= 15 is 0 Å². The first kappa shape index (κ1) is 13.1. The monoisotopic (exact) mass is 271 g/mol. The van der Waals surface area contributed by atoms with Gasteiger partial charge in [-0.25, -0.2) is 9.38 Å². The fourth-order valence-corrected chi connectivity index (χ4v) is 1.91. The van der Waals surface area contributed by atoms with Gasteiger partial charge in [0.15, 0.2) is 5.82 Å². The number of aliphatic imine (C=N–C) groups is 1. The van der Waals surface area contributed by atoms with Gasteiger partial charge >= 0.3 is 0 Å².